The third-order valence-electron chi connectivity index (χ3n) is 4.25. The van der Waals surface area contributed by atoms with Crippen LogP contribution >= 0.6 is 0 Å². The SMILES string of the molecule is CNC(CO)(COCC1CCCC1)c1ccccc1. The zero-order valence-electron chi connectivity index (χ0n) is 11.8. The molecule has 1 aliphatic rings. The number of likely N-dealkylation sites (N-methyl/N-ethyl adjacent to an activating group) is 1. The molecule has 3 heteroatoms. The minimum absolute atomic E-state index is 0.0399. The molecule has 1 saturated carbocycles. The molecular formula is C16H25NO2. The molecule has 0 aromatic heterocycles. The van der Waals surface area contributed by atoms with E-state index in [1.54, 1.807) is 0 Å². The Bertz CT molecular complexity index is 356. The summed E-state index contributed by atoms with van der Waals surface area (Å²) in [4.78, 5) is 0. The van der Waals surface area contributed by atoms with E-state index in [-0.39, 0.29) is 6.61 Å². The van der Waals surface area contributed by atoms with E-state index < -0.39 is 5.54 Å². The highest BCUT2D eigenvalue weighted by Crippen LogP contribution is 2.26. The lowest BCUT2D eigenvalue weighted by Gasteiger charge is -2.32. The first-order chi connectivity index (χ1) is 9.30. The van der Waals surface area contributed by atoms with E-state index in [0.29, 0.717) is 12.5 Å². The number of benzene rings is 1. The Morgan fingerprint density at radius 1 is 1.26 bits per heavy atom. The minimum atomic E-state index is -0.486. The van der Waals surface area contributed by atoms with Crippen LogP contribution in [0.2, 0.25) is 0 Å². The number of hydrogen-bond acceptors (Lipinski definition) is 3. The molecule has 0 radical (unpaired) electrons. The maximum absolute atomic E-state index is 9.78. The van der Waals surface area contributed by atoms with E-state index in [1.165, 1.54) is 25.7 Å². The van der Waals surface area contributed by atoms with Gasteiger partial charge >= 0.3 is 0 Å². The second-order valence-electron chi connectivity index (χ2n) is 5.52. The van der Waals surface area contributed by atoms with Crippen LogP contribution in [0.1, 0.15) is 31.2 Å². The Morgan fingerprint density at radius 2 is 1.95 bits per heavy atom. The number of hydrogen-bond donors (Lipinski definition) is 2. The molecular weight excluding hydrogens is 238 g/mol. The summed E-state index contributed by atoms with van der Waals surface area (Å²) >= 11 is 0. The van der Waals surface area contributed by atoms with Gasteiger partial charge in [0.25, 0.3) is 0 Å². The largest absolute Gasteiger partial charge is 0.394 e. The molecule has 0 aliphatic heterocycles. The molecule has 0 heterocycles. The Labute approximate surface area is 116 Å². The van der Waals surface area contributed by atoms with Crippen molar-refractivity contribution in [2.45, 2.75) is 31.2 Å². The third-order valence-corrected chi connectivity index (χ3v) is 4.25. The average molecular weight is 263 g/mol. The van der Waals surface area contributed by atoms with Crippen molar-refractivity contribution in [2.24, 2.45) is 5.92 Å². The van der Waals surface area contributed by atoms with Gasteiger partial charge in [-0.1, -0.05) is 43.2 Å². The van der Waals surface area contributed by atoms with E-state index in [0.717, 1.165) is 12.2 Å². The van der Waals surface area contributed by atoms with Crippen molar-refractivity contribution in [3.63, 3.8) is 0 Å². The van der Waals surface area contributed by atoms with Crippen molar-refractivity contribution in [3.05, 3.63) is 35.9 Å². The fourth-order valence-corrected chi connectivity index (χ4v) is 2.85. The molecule has 0 spiro atoms. The summed E-state index contributed by atoms with van der Waals surface area (Å²) in [5.41, 5.74) is 0.589. The summed E-state index contributed by atoms with van der Waals surface area (Å²) in [6.07, 6.45) is 5.25. The molecule has 3 nitrogen and oxygen atoms in total. The summed E-state index contributed by atoms with van der Waals surface area (Å²) in [5.74, 6) is 0.712. The highest BCUT2D eigenvalue weighted by Gasteiger charge is 2.30. The Balaban J connectivity index is 1.95. The van der Waals surface area contributed by atoms with Crippen LogP contribution in [0.4, 0.5) is 0 Å². The molecule has 1 atom stereocenters. The van der Waals surface area contributed by atoms with Crippen molar-refractivity contribution in [1.29, 1.82) is 0 Å². The monoisotopic (exact) mass is 263 g/mol. The number of ether oxygens (including phenoxy) is 1. The second kappa shape index (κ2) is 7.04. The van der Waals surface area contributed by atoms with E-state index in [4.69, 9.17) is 4.74 Å². The van der Waals surface area contributed by atoms with Crippen molar-refractivity contribution in [3.8, 4) is 0 Å². The second-order valence-corrected chi connectivity index (χ2v) is 5.52. The van der Waals surface area contributed by atoms with Crippen molar-refractivity contribution < 1.29 is 9.84 Å². The molecule has 0 bridgehead atoms. The van der Waals surface area contributed by atoms with Gasteiger partial charge in [0.05, 0.1) is 18.8 Å². The van der Waals surface area contributed by atoms with Gasteiger partial charge in [-0.2, -0.15) is 0 Å². The van der Waals surface area contributed by atoms with Crippen molar-refractivity contribution in [2.75, 3.05) is 26.9 Å². The molecule has 1 aromatic carbocycles. The van der Waals surface area contributed by atoms with Gasteiger partial charge in [-0.15, -0.1) is 0 Å². The van der Waals surface area contributed by atoms with E-state index in [9.17, 15) is 5.11 Å². The maximum Gasteiger partial charge on any atom is 0.0903 e. The lowest BCUT2D eigenvalue weighted by molar-refractivity contribution is 0.0223. The Morgan fingerprint density at radius 3 is 2.53 bits per heavy atom. The summed E-state index contributed by atoms with van der Waals surface area (Å²) in [7, 11) is 1.88. The zero-order chi connectivity index (χ0) is 13.6. The quantitative estimate of drug-likeness (QED) is 0.793. The van der Waals surface area contributed by atoms with Crippen LogP contribution in [0.5, 0.6) is 0 Å². The van der Waals surface area contributed by atoms with Gasteiger partial charge in [0.1, 0.15) is 0 Å². The zero-order valence-corrected chi connectivity index (χ0v) is 11.8. The van der Waals surface area contributed by atoms with E-state index in [2.05, 4.69) is 5.32 Å². The molecule has 1 aliphatic carbocycles. The summed E-state index contributed by atoms with van der Waals surface area (Å²) in [5, 5.41) is 13.0. The van der Waals surface area contributed by atoms with Crippen LogP contribution in [0, 0.1) is 5.92 Å². The fourth-order valence-electron chi connectivity index (χ4n) is 2.85. The number of rotatable bonds is 7. The molecule has 1 aromatic rings. The van der Waals surface area contributed by atoms with E-state index in [1.807, 2.05) is 37.4 Å². The summed E-state index contributed by atoms with van der Waals surface area (Å²) < 4.78 is 5.90. The van der Waals surface area contributed by atoms with Gasteiger partial charge < -0.3 is 15.2 Å². The Hall–Kier alpha value is -0.900. The van der Waals surface area contributed by atoms with Crippen LogP contribution in [0.25, 0.3) is 0 Å². The standard InChI is InChI=1S/C16H25NO2/c1-17-16(12-18,15-9-3-2-4-10-15)13-19-11-14-7-5-6-8-14/h2-4,9-10,14,17-18H,5-8,11-13H2,1H3. The first-order valence-electron chi connectivity index (χ1n) is 7.24. The lowest BCUT2D eigenvalue weighted by atomic mass is 9.91. The predicted octanol–water partition coefficient (Wildman–Crippen LogP) is 2.30. The molecule has 2 rings (SSSR count). The van der Waals surface area contributed by atoms with Gasteiger partial charge in [-0.05, 0) is 31.4 Å². The van der Waals surface area contributed by atoms with Gasteiger partial charge in [0.15, 0.2) is 0 Å². The van der Waals surface area contributed by atoms with Crippen LogP contribution in [-0.2, 0) is 10.3 Å². The van der Waals surface area contributed by atoms with Gasteiger partial charge in [-0.25, -0.2) is 0 Å². The summed E-state index contributed by atoms with van der Waals surface area (Å²) in [6.45, 7) is 1.37. The number of aliphatic hydroxyl groups is 1. The van der Waals surface area contributed by atoms with E-state index >= 15 is 0 Å². The molecule has 19 heavy (non-hydrogen) atoms. The minimum Gasteiger partial charge on any atom is -0.394 e. The molecule has 2 N–H and O–H groups in total. The maximum atomic E-state index is 9.78. The lowest BCUT2D eigenvalue weighted by Crippen LogP contribution is -2.47. The molecule has 1 unspecified atom stereocenters. The smallest absolute Gasteiger partial charge is 0.0903 e. The molecule has 0 saturated heterocycles. The predicted molar refractivity (Wildman–Crippen MR) is 77.0 cm³/mol. The normalized spacial score (nSPS) is 19.5. The highest BCUT2D eigenvalue weighted by atomic mass is 16.5. The topological polar surface area (TPSA) is 41.5 Å². The molecule has 0 amide bonds. The van der Waals surface area contributed by atoms with Gasteiger partial charge in [-0.3, -0.25) is 0 Å². The number of aliphatic hydroxyl groups excluding tert-OH is 1. The fraction of sp³-hybridized carbons (Fsp3) is 0.625. The van der Waals surface area contributed by atoms with Gasteiger partial charge in [0, 0.05) is 6.61 Å². The molecule has 106 valence electrons. The first kappa shape index (κ1) is 14.5. The van der Waals surface area contributed by atoms with Gasteiger partial charge in [0.2, 0.25) is 0 Å². The van der Waals surface area contributed by atoms with Crippen LogP contribution in [0.3, 0.4) is 0 Å². The van der Waals surface area contributed by atoms with Crippen molar-refractivity contribution in [1.82, 2.24) is 5.32 Å². The average Bonchev–Trinajstić information content (AvgIpc) is 2.98. The Kier molecular flexibility index (Phi) is 5.37. The first-order valence-corrected chi connectivity index (χ1v) is 7.24. The van der Waals surface area contributed by atoms with Crippen LogP contribution in [-0.4, -0.2) is 32.0 Å². The number of nitrogens with one attached hydrogen (secondary N) is 1. The van der Waals surface area contributed by atoms with Crippen molar-refractivity contribution >= 4 is 0 Å². The molecule has 1 fully saturated rings. The van der Waals surface area contributed by atoms with Crippen LogP contribution < -0.4 is 5.32 Å². The highest BCUT2D eigenvalue weighted by molar-refractivity contribution is 5.24. The van der Waals surface area contributed by atoms with Crippen LogP contribution in [0.15, 0.2) is 30.3 Å². The summed E-state index contributed by atoms with van der Waals surface area (Å²) in [6, 6.07) is 10.0. The third kappa shape index (κ3) is 3.56.